The maximum atomic E-state index is 9.55. The van der Waals surface area contributed by atoms with Crippen LogP contribution in [0, 0.1) is 0 Å². The molecule has 2 aromatic carbocycles. The number of rotatable bonds is 6. The predicted molar refractivity (Wildman–Crippen MR) is 121 cm³/mol. The number of benzene rings is 2. The third-order valence-corrected chi connectivity index (χ3v) is 4.56. The third-order valence-electron chi connectivity index (χ3n) is 4.56. The molecule has 0 spiro atoms. The maximum Gasteiger partial charge on any atom is 0.328 e. The maximum absolute atomic E-state index is 9.55. The van der Waals surface area contributed by atoms with Crippen LogP contribution < -0.4 is 5.01 Å². The Morgan fingerprint density at radius 2 is 1.35 bits per heavy atom. The van der Waals surface area contributed by atoms with E-state index in [0.29, 0.717) is 12.2 Å². The first-order valence-electron chi connectivity index (χ1n) is 9.83. The number of para-hydroxylation sites is 2. The standard InChI is InChI=1S/C20H19N3.C4H4O4/c1-2-15-22(16-11-13-21-14-12-16)23-19-9-5-3-7-17(19)18-8-4-6-10-20(18)23;5-3(6)1-2-4(7)8/h3-14H,2,15H2,1H3;1-2H,(H,5,6)(H,7,8)/b;2-1-. The highest BCUT2D eigenvalue weighted by molar-refractivity contribution is 6.08. The van der Waals surface area contributed by atoms with Crippen LogP contribution in [-0.2, 0) is 9.59 Å². The van der Waals surface area contributed by atoms with Gasteiger partial charge in [-0.3, -0.25) is 14.7 Å². The Morgan fingerprint density at radius 1 is 0.871 bits per heavy atom. The van der Waals surface area contributed by atoms with Crippen LogP contribution in [0.5, 0.6) is 0 Å². The average Bonchev–Trinajstić information content (AvgIpc) is 3.11. The fourth-order valence-corrected chi connectivity index (χ4v) is 3.38. The van der Waals surface area contributed by atoms with Crippen LogP contribution in [0.1, 0.15) is 13.3 Å². The van der Waals surface area contributed by atoms with E-state index in [1.807, 2.05) is 12.4 Å². The molecule has 4 rings (SSSR count). The molecule has 158 valence electrons. The molecule has 4 aromatic rings. The molecule has 0 aliphatic rings. The molecule has 0 radical (unpaired) electrons. The summed E-state index contributed by atoms with van der Waals surface area (Å²) in [6.07, 6.45) is 5.89. The lowest BCUT2D eigenvalue weighted by molar-refractivity contribution is -0.134. The highest BCUT2D eigenvalue weighted by atomic mass is 16.4. The molecule has 7 nitrogen and oxygen atoms in total. The fourth-order valence-electron chi connectivity index (χ4n) is 3.38. The number of hydrogen-bond donors (Lipinski definition) is 2. The van der Waals surface area contributed by atoms with Gasteiger partial charge < -0.3 is 10.2 Å². The van der Waals surface area contributed by atoms with Crippen LogP contribution in [0.15, 0.2) is 85.2 Å². The number of hydrogen-bond acceptors (Lipinski definition) is 4. The van der Waals surface area contributed by atoms with Gasteiger partial charge in [-0.25, -0.2) is 9.59 Å². The lowest BCUT2D eigenvalue weighted by Gasteiger charge is -2.27. The first-order chi connectivity index (χ1) is 15.0. The van der Waals surface area contributed by atoms with Crippen molar-refractivity contribution in [3.05, 3.63) is 85.2 Å². The number of carbonyl (C=O) groups is 2. The summed E-state index contributed by atoms with van der Waals surface area (Å²) in [4.78, 5) is 23.3. The van der Waals surface area contributed by atoms with Gasteiger partial charge in [-0.2, -0.15) is 0 Å². The Bertz CT molecular complexity index is 1150. The molecule has 2 aromatic heterocycles. The van der Waals surface area contributed by atoms with E-state index < -0.39 is 11.9 Å². The van der Waals surface area contributed by atoms with Crippen molar-refractivity contribution >= 4 is 39.4 Å². The summed E-state index contributed by atoms with van der Waals surface area (Å²) < 4.78 is 2.34. The van der Waals surface area contributed by atoms with E-state index in [4.69, 9.17) is 10.2 Å². The SMILES string of the molecule is CCCN(c1ccncc1)n1c2ccccc2c2ccccc21.O=C(O)/C=C\C(=O)O. The van der Waals surface area contributed by atoms with E-state index in [1.54, 1.807) is 0 Å². The molecule has 2 heterocycles. The highest BCUT2D eigenvalue weighted by Gasteiger charge is 2.15. The van der Waals surface area contributed by atoms with Crippen molar-refractivity contribution in [2.75, 3.05) is 11.6 Å². The lowest BCUT2D eigenvalue weighted by atomic mass is 10.2. The van der Waals surface area contributed by atoms with Crippen molar-refractivity contribution in [3.8, 4) is 0 Å². The molecule has 0 unspecified atom stereocenters. The summed E-state index contributed by atoms with van der Waals surface area (Å²) in [5.74, 6) is -2.51. The van der Waals surface area contributed by atoms with Crippen molar-refractivity contribution in [1.29, 1.82) is 0 Å². The molecular weight excluding hydrogens is 394 g/mol. The second-order valence-corrected chi connectivity index (χ2v) is 6.68. The van der Waals surface area contributed by atoms with Gasteiger partial charge in [0.15, 0.2) is 0 Å². The molecule has 0 amide bonds. The molecule has 0 saturated carbocycles. The van der Waals surface area contributed by atoms with Gasteiger partial charge in [0.05, 0.1) is 16.7 Å². The number of aliphatic carboxylic acids is 2. The minimum atomic E-state index is -1.26. The van der Waals surface area contributed by atoms with Crippen molar-refractivity contribution in [2.45, 2.75) is 13.3 Å². The third kappa shape index (κ3) is 5.08. The first-order valence-corrected chi connectivity index (χ1v) is 9.83. The minimum absolute atomic E-state index is 0.558. The van der Waals surface area contributed by atoms with Gasteiger partial charge in [0.2, 0.25) is 0 Å². The summed E-state index contributed by atoms with van der Waals surface area (Å²) in [5, 5.41) is 20.5. The van der Waals surface area contributed by atoms with E-state index in [-0.39, 0.29) is 0 Å². The second kappa shape index (κ2) is 10.1. The number of anilines is 1. The number of carboxylic acids is 2. The monoisotopic (exact) mass is 417 g/mol. The fraction of sp³-hybridized carbons (Fsp3) is 0.125. The zero-order chi connectivity index (χ0) is 22.2. The predicted octanol–water partition coefficient (Wildman–Crippen LogP) is 4.58. The highest BCUT2D eigenvalue weighted by Crippen LogP contribution is 2.31. The first kappa shape index (κ1) is 21.6. The van der Waals surface area contributed by atoms with Crippen LogP contribution in [0.25, 0.3) is 21.8 Å². The van der Waals surface area contributed by atoms with Crippen molar-refractivity contribution in [2.24, 2.45) is 0 Å². The van der Waals surface area contributed by atoms with Gasteiger partial charge in [0.25, 0.3) is 0 Å². The van der Waals surface area contributed by atoms with Crippen LogP contribution in [-0.4, -0.2) is 38.4 Å². The number of fused-ring (bicyclic) bond motifs is 3. The zero-order valence-corrected chi connectivity index (χ0v) is 17.0. The van der Waals surface area contributed by atoms with Gasteiger partial charge in [0.1, 0.15) is 0 Å². The smallest absolute Gasteiger partial charge is 0.328 e. The minimum Gasteiger partial charge on any atom is -0.478 e. The topological polar surface area (TPSA) is 95.7 Å². The number of aromatic nitrogens is 2. The second-order valence-electron chi connectivity index (χ2n) is 6.68. The molecule has 0 bridgehead atoms. The number of pyridine rings is 1. The van der Waals surface area contributed by atoms with E-state index in [1.165, 1.54) is 21.8 Å². The summed E-state index contributed by atoms with van der Waals surface area (Å²) >= 11 is 0. The summed E-state index contributed by atoms with van der Waals surface area (Å²) in [6.45, 7) is 3.16. The van der Waals surface area contributed by atoms with E-state index in [2.05, 4.69) is 82.3 Å². The van der Waals surface area contributed by atoms with Crippen LogP contribution >= 0.6 is 0 Å². The van der Waals surface area contributed by atoms with Crippen molar-refractivity contribution < 1.29 is 19.8 Å². The van der Waals surface area contributed by atoms with Gasteiger partial charge in [-0.15, -0.1) is 0 Å². The molecular formula is C24H23N3O4. The molecule has 31 heavy (non-hydrogen) atoms. The molecule has 0 aliphatic heterocycles. The van der Waals surface area contributed by atoms with Crippen LogP contribution in [0.4, 0.5) is 5.69 Å². The molecule has 2 N–H and O–H groups in total. The molecule has 0 atom stereocenters. The molecule has 0 fully saturated rings. The van der Waals surface area contributed by atoms with Crippen molar-refractivity contribution in [1.82, 2.24) is 9.66 Å². The summed E-state index contributed by atoms with van der Waals surface area (Å²) in [7, 11) is 0. The lowest BCUT2D eigenvalue weighted by Crippen LogP contribution is -2.30. The van der Waals surface area contributed by atoms with E-state index in [9.17, 15) is 9.59 Å². The summed E-state index contributed by atoms with van der Waals surface area (Å²) in [6, 6.07) is 21.3. The largest absolute Gasteiger partial charge is 0.478 e. The molecule has 0 aliphatic carbocycles. The Kier molecular flexibility index (Phi) is 7.01. The normalized spacial score (nSPS) is 10.7. The Hall–Kier alpha value is -4.13. The average molecular weight is 417 g/mol. The number of nitrogens with zero attached hydrogens (tertiary/aromatic N) is 3. The van der Waals surface area contributed by atoms with Gasteiger partial charge in [-0.1, -0.05) is 43.3 Å². The Morgan fingerprint density at radius 3 is 1.81 bits per heavy atom. The summed E-state index contributed by atoms with van der Waals surface area (Å²) in [5.41, 5.74) is 3.63. The van der Waals surface area contributed by atoms with E-state index in [0.717, 1.165) is 18.7 Å². The molecule has 0 saturated heterocycles. The van der Waals surface area contributed by atoms with Crippen LogP contribution in [0.3, 0.4) is 0 Å². The van der Waals surface area contributed by atoms with Gasteiger partial charge in [0, 0.05) is 41.9 Å². The Labute approximate surface area is 179 Å². The Balaban J connectivity index is 0.000000293. The number of carboxylic acid groups (broad SMARTS) is 2. The quantitative estimate of drug-likeness (QED) is 0.446. The van der Waals surface area contributed by atoms with Crippen LogP contribution in [0.2, 0.25) is 0 Å². The van der Waals surface area contributed by atoms with Gasteiger partial charge in [-0.05, 0) is 30.7 Å². The van der Waals surface area contributed by atoms with E-state index >= 15 is 0 Å². The van der Waals surface area contributed by atoms with Gasteiger partial charge >= 0.3 is 11.9 Å². The van der Waals surface area contributed by atoms with Crippen molar-refractivity contribution in [3.63, 3.8) is 0 Å². The molecule has 7 heteroatoms. The zero-order valence-electron chi connectivity index (χ0n) is 17.0.